The average molecular weight is 461 g/mol. The van der Waals surface area contributed by atoms with E-state index < -0.39 is 0 Å². The number of aliphatic imine (C=N–C) groups is 2. The summed E-state index contributed by atoms with van der Waals surface area (Å²) in [4.78, 5) is 9.54. The molecule has 0 bridgehead atoms. The summed E-state index contributed by atoms with van der Waals surface area (Å²) in [7, 11) is 1.99. The van der Waals surface area contributed by atoms with Crippen LogP contribution in [0.25, 0.3) is 11.3 Å². The van der Waals surface area contributed by atoms with E-state index >= 15 is 0 Å². The van der Waals surface area contributed by atoms with Crippen LogP contribution in [0.1, 0.15) is 69.6 Å². The number of rotatable bonds is 11. The fourth-order valence-corrected chi connectivity index (χ4v) is 4.31. The molecular formula is C32H38BN2. The van der Waals surface area contributed by atoms with Crippen molar-refractivity contribution in [3.63, 3.8) is 0 Å². The number of nitrogens with zero attached hydrogens (tertiary/aromatic N) is 2. The topological polar surface area (TPSA) is 24.7 Å². The van der Waals surface area contributed by atoms with Gasteiger partial charge < -0.3 is 0 Å². The first-order chi connectivity index (χ1) is 17.0. The minimum atomic E-state index is 0.837. The monoisotopic (exact) mass is 461 g/mol. The van der Waals surface area contributed by atoms with Crippen molar-refractivity contribution in [1.82, 2.24) is 0 Å². The number of unbranched alkanes of at least 4 members (excludes halogenated alkanes) is 1. The second-order valence-electron chi connectivity index (χ2n) is 9.13. The lowest BCUT2D eigenvalue weighted by atomic mass is 9.81. The molecule has 2 aliphatic rings. The summed E-state index contributed by atoms with van der Waals surface area (Å²) in [6.45, 7) is 13.5. The van der Waals surface area contributed by atoms with E-state index in [9.17, 15) is 0 Å². The summed E-state index contributed by atoms with van der Waals surface area (Å²) in [5.74, 6) is 2.06. The predicted octanol–water partition coefficient (Wildman–Crippen LogP) is 8.41. The molecule has 0 unspecified atom stereocenters. The summed E-state index contributed by atoms with van der Waals surface area (Å²) in [5.41, 5.74) is 10.6. The van der Waals surface area contributed by atoms with Crippen LogP contribution in [0, 0.1) is 6.92 Å². The third kappa shape index (κ3) is 7.39. The van der Waals surface area contributed by atoms with Crippen LogP contribution < -0.4 is 0 Å². The molecule has 2 aliphatic heterocycles. The standard InChI is InChI=1S/C32H38BN2/c1-6-8-9-10-16-29(28-19-18-27(21-25(28)5)31-22-33-23-35-31)30-17-12-20-34-32(30)26(13-7-2)15-11-14-24(3)4/h9-11,14-19,21-23H,3,6-8,12-13,20H2,1-2,4-5H3/b10-9+,14-11-,26-15+,29-16+. The fourth-order valence-electron chi connectivity index (χ4n) is 4.31. The van der Waals surface area contributed by atoms with E-state index in [1.807, 2.05) is 20.3 Å². The molecule has 3 heteroatoms. The number of hydrogen-bond acceptors (Lipinski definition) is 2. The van der Waals surface area contributed by atoms with Crippen LogP contribution in [0.5, 0.6) is 0 Å². The van der Waals surface area contributed by atoms with Gasteiger partial charge in [-0.2, -0.15) is 0 Å². The van der Waals surface area contributed by atoms with Crippen LogP contribution >= 0.6 is 0 Å². The third-order valence-corrected chi connectivity index (χ3v) is 6.01. The zero-order chi connectivity index (χ0) is 25.0. The number of benzene rings is 1. The molecule has 0 fully saturated rings. The van der Waals surface area contributed by atoms with Gasteiger partial charge >= 0.3 is 0 Å². The van der Waals surface area contributed by atoms with E-state index in [1.54, 1.807) is 0 Å². The van der Waals surface area contributed by atoms with Crippen LogP contribution in [0.2, 0.25) is 0 Å². The molecule has 0 amide bonds. The van der Waals surface area contributed by atoms with Crippen molar-refractivity contribution < 1.29 is 0 Å². The quantitative estimate of drug-likeness (QED) is 0.233. The van der Waals surface area contributed by atoms with Gasteiger partial charge in [-0.05, 0) is 73.1 Å². The van der Waals surface area contributed by atoms with Gasteiger partial charge in [0.05, 0.1) is 11.4 Å². The first-order valence-electron chi connectivity index (χ1n) is 12.9. The van der Waals surface area contributed by atoms with E-state index in [4.69, 9.17) is 4.99 Å². The third-order valence-electron chi connectivity index (χ3n) is 6.01. The van der Waals surface area contributed by atoms with Crippen LogP contribution in [0.4, 0.5) is 0 Å². The Kier molecular flexibility index (Phi) is 10.3. The molecule has 1 aromatic carbocycles. The molecule has 1 aromatic rings. The highest BCUT2D eigenvalue weighted by Crippen LogP contribution is 2.34. The van der Waals surface area contributed by atoms with Gasteiger partial charge in [-0.15, -0.1) is 0 Å². The van der Waals surface area contributed by atoms with Gasteiger partial charge in [0, 0.05) is 12.1 Å². The number of dihydropyridines is 1. The highest BCUT2D eigenvalue weighted by molar-refractivity contribution is 6.74. The van der Waals surface area contributed by atoms with Crippen molar-refractivity contribution in [1.29, 1.82) is 0 Å². The molecule has 0 aromatic heterocycles. The highest BCUT2D eigenvalue weighted by atomic mass is 14.7. The van der Waals surface area contributed by atoms with Gasteiger partial charge in [-0.1, -0.05) is 99.5 Å². The van der Waals surface area contributed by atoms with Crippen molar-refractivity contribution in [2.45, 2.75) is 59.8 Å². The molecule has 0 aliphatic carbocycles. The van der Waals surface area contributed by atoms with E-state index in [2.05, 4.69) is 99.0 Å². The van der Waals surface area contributed by atoms with Gasteiger partial charge in [-0.25, -0.2) is 0 Å². The van der Waals surface area contributed by atoms with Crippen LogP contribution in [0.15, 0.2) is 100.0 Å². The minimum Gasteiger partial charge on any atom is -0.284 e. The van der Waals surface area contributed by atoms with Gasteiger partial charge in [-0.3, -0.25) is 9.98 Å². The summed E-state index contributed by atoms with van der Waals surface area (Å²) in [5, 5.41) is 0. The smallest absolute Gasteiger partial charge is 0.199 e. The van der Waals surface area contributed by atoms with E-state index in [-0.39, 0.29) is 0 Å². The Morgan fingerprint density at radius 1 is 1.14 bits per heavy atom. The first kappa shape index (κ1) is 26.4. The second-order valence-corrected chi connectivity index (χ2v) is 9.13. The zero-order valence-corrected chi connectivity index (χ0v) is 21.8. The Labute approximate surface area is 213 Å². The van der Waals surface area contributed by atoms with Crippen LogP contribution in [-0.2, 0) is 0 Å². The largest absolute Gasteiger partial charge is 0.284 e. The highest BCUT2D eigenvalue weighted by Gasteiger charge is 2.20. The lowest BCUT2D eigenvalue weighted by molar-refractivity contribution is 0.922. The van der Waals surface area contributed by atoms with Crippen molar-refractivity contribution in [2.24, 2.45) is 9.98 Å². The molecule has 0 atom stereocenters. The predicted molar refractivity (Wildman–Crippen MR) is 157 cm³/mol. The summed E-state index contributed by atoms with van der Waals surface area (Å²) < 4.78 is 0. The molecule has 3 rings (SSSR count). The average Bonchev–Trinajstić information content (AvgIpc) is 3.39. The first-order valence-corrected chi connectivity index (χ1v) is 12.9. The SMILES string of the molecule is C=C(C)/C=C\C=C(/CCC)C1=NCCC=C1/C(=C/C=C/CCC)c1ccc(C2=C[B]C=N2)cc1C. The maximum atomic E-state index is 5.06. The molecule has 2 heterocycles. The zero-order valence-electron chi connectivity index (χ0n) is 21.8. The molecule has 0 saturated carbocycles. The Bertz CT molecular complexity index is 1170. The van der Waals surface area contributed by atoms with E-state index in [1.165, 1.54) is 27.8 Å². The summed E-state index contributed by atoms with van der Waals surface area (Å²) in [6.07, 6.45) is 22.6. The normalized spacial score (nSPS) is 16.5. The Morgan fingerprint density at radius 3 is 2.69 bits per heavy atom. The molecule has 2 nitrogen and oxygen atoms in total. The lowest BCUT2D eigenvalue weighted by Gasteiger charge is -2.22. The fraction of sp³-hybridized carbons (Fsp3) is 0.312. The minimum absolute atomic E-state index is 0.837. The van der Waals surface area contributed by atoms with Crippen LogP contribution in [-0.4, -0.2) is 25.6 Å². The van der Waals surface area contributed by atoms with Crippen molar-refractivity contribution >= 4 is 30.4 Å². The number of aryl methyl sites for hydroxylation is 1. The Balaban J connectivity index is 2.07. The molecule has 1 radical (unpaired) electrons. The van der Waals surface area contributed by atoms with Crippen molar-refractivity contribution in [3.05, 3.63) is 107 Å². The number of hydrogen-bond donors (Lipinski definition) is 0. The lowest BCUT2D eigenvalue weighted by Crippen LogP contribution is -2.14. The summed E-state index contributed by atoms with van der Waals surface area (Å²) in [6, 6.07) is 6.68. The molecule has 35 heavy (non-hydrogen) atoms. The Morgan fingerprint density at radius 2 is 2.00 bits per heavy atom. The Hall–Kier alpha value is -3.20. The number of allylic oxidation sites excluding steroid dienone is 10. The van der Waals surface area contributed by atoms with Crippen molar-refractivity contribution in [2.75, 3.05) is 6.54 Å². The van der Waals surface area contributed by atoms with E-state index in [0.29, 0.717) is 0 Å². The van der Waals surface area contributed by atoms with Gasteiger partial charge in [0.2, 0.25) is 0 Å². The maximum absolute atomic E-state index is 5.06. The molecular weight excluding hydrogens is 423 g/mol. The summed E-state index contributed by atoms with van der Waals surface area (Å²) >= 11 is 0. The molecule has 179 valence electrons. The molecule has 0 saturated heterocycles. The maximum Gasteiger partial charge on any atom is 0.199 e. The van der Waals surface area contributed by atoms with Gasteiger partial charge in [0.25, 0.3) is 0 Å². The molecule has 0 spiro atoms. The van der Waals surface area contributed by atoms with Crippen LogP contribution in [0.3, 0.4) is 0 Å². The molecule has 0 N–H and O–H groups in total. The van der Waals surface area contributed by atoms with Crippen molar-refractivity contribution in [3.8, 4) is 0 Å². The van der Waals surface area contributed by atoms with E-state index in [0.717, 1.165) is 61.2 Å². The van der Waals surface area contributed by atoms with Gasteiger partial charge in [0.15, 0.2) is 7.28 Å². The van der Waals surface area contributed by atoms with Gasteiger partial charge in [0.1, 0.15) is 0 Å². The second kappa shape index (κ2) is 13.6.